The van der Waals surface area contributed by atoms with Crippen molar-refractivity contribution < 1.29 is 9.53 Å². The molecule has 0 bridgehead atoms. The Bertz CT molecular complexity index is 338. The van der Waals surface area contributed by atoms with Crippen LogP contribution in [0.4, 0.5) is 0 Å². The summed E-state index contributed by atoms with van der Waals surface area (Å²) in [6.07, 6.45) is 0. The maximum absolute atomic E-state index is 10.7. The van der Waals surface area contributed by atoms with Crippen LogP contribution in [0.3, 0.4) is 0 Å². The SMILES string of the molecule is CC(=O)NN=C(N)NN(C(=N)N)N1CCOCC1. The molecule has 102 valence electrons. The molecule has 0 aromatic heterocycles. The van der Waals surface area contributed by atoms with Crippen molar-refractivity contribution in [1.82, 2.24) is 21.0 Å². The summed E-state index contributed by atoms with van der Waals surface area (Å²) < 4.78 is 5.19. The summed E-state index contributed by atoms with van der Waals surface area (Å²) in [4.78, 5) is 10.7. The van der Waals surface area contributed by atoms with Crippen LogP contribution in [-0.4, -0.2) is 54.3 Å². The first-order valence-corrected chi connectivity index (χ1v) is 5.34. The smallest absolute Gasteiger partial charge is 0.237 e. The van der Waals surface area contributed by atoms with Gasteiger partial charge < -0.3 is 16.2 Å². The first-order valence-electron chi connectivity index (χ1n) is 5.34. The monoisotopic (exact) mass is 258 g/mol. The summed E-state index contributed by atoms with van der Waals surface area (Å²) in [6.45, 7) is 3.52. The molecule has 0 aliphatic carbocycles. The molecule has 18 heavy (non-hydrogen) atoms. The molecule has 1 amide bonds. The van der Waals surface area contributed by atoms with Gasteiger partial charge in [-0.3, -0.25) is 10.2 Å². The van der Waals surface area contributed by atoms with E-state index < -0.39 is 0 Å². The number of nitrogens with two attached hydrogens (primary N) is 2. The number of hydrazone groups is 1. The number of guanidine groups is 2. The zero-order valence-electron chi connectivity index (χ0n) is 10.1. The lowest BCUT2D eigenvalue weighted by Gasteiger charge is -2.36. The second-order valence-corrected chi connectivity index (χ2v) is 3.54. The summed E-state index contributed by atoms with van der Waals surface area (Å²) in [5, 5.41) is 14.0. The maximum Gasteiger partial charge on any atom is 0.237 e. The van der Waals surface area contributed by atoms with Crippen LogP contribution in [0.25, 0.3) is 0 Å². The minimum atomic E-state index is -0.347. The third-order valence-electron chi connectivity index (χ3n) is 2.05. The van der Waals surface area contributed by atoms with E-state index in [9.17, 15) is 4.79 Å². The molecule has 0 spiro atoms. The number of nitrogens with one attached hydrogen (secondary N) is 3. The predicted molar refractivity (Wildman–Crippen MR) is 64.7 cm³/mol. The van der Waals surface area contributed by atoms with Crippen molar-refractivity contribution >= 4 is 17.8 Å². The highest BCUT2D eigenvalue weighted by Crippen LogP contribution is 1.99. The van der Waals surface area contributed by atoms with Crippen molar-refractivity contribution in [3.8, 4) is 0 Å². The molecule has 0 atom stereocenters. The van der Waals surface area contributed by atoms with Gasteiger partial charge in [-0.1, -0.05) is 0 Å². The highest BCUT2D eigenvalue weighted by molar-refractivity contribution is 5.83. The number of hydrogen-bond acceptors (Lipinski definition) is 5. The molecule has 7 N–H and O–H groups in total. The second kappa shape index (κ2) is 6.61. The maximum atomic E-state index is 10.7. The van der Waals surface area contributed by atoms with Gasteiger partial charge in [0, 0.05) is 20.0 Å². The molecule has 0 radical (unpaired) electrons. The Labute approximate surface area is 104 Å². The Hall–Kier alpha value is -2.07. The standard InChI is InChI=1S/C8H18N8O2/c1-6(17)12-13-8(11)14-16(7(9)10)15-2-4-18-5-3-15/h2-5H2,1H3,(H3,9,10)(H,12,17)(H3,11,13,14). The molecular formula is C8H18N8O2. The Balaban J connectivity index is 2.59. The lowest BCUT2D eigenvalue weighted by atomic mass is 10.5. The molecule has 10 heteroatoms. The van der Waals surface area contributed by atoms with Crippen LogP contribution in [0.5, 0.6) is 0 Å². The minimum Gasteiger partial charge on any atom is -0.379 e. The zero-order chi connectivity index (χ0) is 13.5. The molecule has 0 unspecified atom stereocenters. The second-order valence-electron chi connectivity index (χ2n) is 3.54. The van der Waals surface area contributed by atoms with E-state index in [2.05, 4.69) is 16.0 Å². The summed E-state index contributed by atoms with van der Waals surface area (Å²) >= 11 is 0. The number of amides is 1. The lowest BCUT2D eigenvalue weighted by molar-refractivity contribution is -0.118. The van der Waals surface area contributed by atoms with Gasteiger partial charge >= 0.3 is 0 Å². The van der Waals surface area contributed by atoms with Crippen LogP contribution < -0.4 is 22.3 Å². The van der Waals surface area contributed by atoms with Crippen LogP contribution in [0.1, 0.15) is 6.92 Å². The molecular weight excluding hydrogens is 240 g/mol. The average molecular weight is 258 g/mol. The summed E-state index contributed by atoms with van der Waals surface area (Å²) in [7, 11) is 0. The van der Waals surface area contributed by atoms with Crippen molar-refractivity contribution in [3.05, 3.63) is 0 Å². The first kappa shape index (κ1) is 14.0. The van der Waals surface area contributed by atoms with Gasteiger partial charge in [0.25, 0.3) is 0 Å². The van der Waals surface area contributed by atoms with Crippen LogP contribution in [0, 0.1) is 5.41 Å². The van der Waals surface area contributed by atoms with Gasteiger partial charge in [-0.2, -0.15) is 10.1 Å². The van der Waals surface area contributed by atoms with E-state index in [1.165, 1.54) is 12.0 Å². The Morgan fingerprint density at radius 1 is 1.44 bits per heavy atom. The molecule has 1 fully saturated rings. The van der Waals surface area contributed by atoms with Crippen LogP contribution in [0.2, 0.25) is 0 Å². The van der Waals surface area contributed by atoms with E-state index in [4.69, 9.17) is 21.6 Å². The number of rotatable bonds is 2. The predicted octanol–water partition coefficient (Wildman–Crippen LogP) is -2.70. The summed E-state index contributed by atoms with van der Waals surface area (Å²) in [5.41, 5.74) is 15.8. The molecule has 0 aromatic carbocycles. The van der Waals surface area contributed by atoms with Gasteiger partial charge in [0.05, 0.1) is 13.2 Å². The Kier molecular flexibility index (Phi) is 5.14. The average Bonchev–Trinajstić information content (AvgIpc) is 2.34. The minimum absolute atomic E-state index is 0.0770. The Morgan fingerprint density at radius 3 is 2.56 bits per heavy atom. The third-order valence-corrected chi connectivity index (χ3v) is 2.05. The van der Waals surface area contributed by atoms with Crippen molar-refractivity contribution in [1.29, 1.82) is 5.41 Å². The van der Waals surface area contributed by atoms with Gasteiger partial charge in [0.1, 0.15) is 0 Å². The fourth-order valence-corrected chi connectivity index (χ4v) is 1.31. The van der Waals surface area contributed by atoms with Gasteiger partial charge in [-0.15, -0.1) is 5.10 Å². The fourth-order valence-electron chi connectivity index (χ4n) is 1.31. The number of hydrogen-bond donors (Lipinski definition) is 5. The molecule has 1 aliphatic rings. The van der Waals surface area contributed by atoms with Gasteiger partial charge in [-0.25, -0.2) is 10.9 Å². The van der Waals surface area contributed by atoms with Gasteiger partial charge in [-0.05, 0) is 0 Å². The quantitative estimate of drug-likeness (QED) is 0.206. The Morgan fingerprint density at radius 2 is 2.06 bits per heavy atom. The topological polar surface area (TPSA) is 145 Å². The zero-order valence-corrected chi connectivity index (χ0v) is 10.1. The van der Waals surface area contributed by atoms with E-state index in [-0.39, 0.29) is 17.8 Å². The number of morpholine rings is 1. The number of hydrazine groups is 2. The number of carbonyl (C=O) groups excluding carboxylic acids is 1. The van der Waals surface area contributed by atoms with Crippen molar-refractivity contribution in [2.45, 2.75) is 6.92 Å². The van der Waals surface area contributed by atoms with Crippen LogP contribution >= 0.6 is 0 Å². The molecule has 1 saturated heterocycles. The number of carbonyl (C=O) groups is 1. The van der Waals surface area contributed by atoms with Crippen molar-refractivity contribution in [2.24, 2.45) is 16.6 Å². The summed E-state index contributed by atoms with van der Waals surface area (Å²) in [5.74, 6) is -0.662. The van der Waals surface area contributed by atoms with Gasteiger partial charge in [0.2, 0.25) is 17.8 Å². The first-order chi connectivity index (χ1) is 8.50. The summed E-state index contributed by atoms with van der Waals surface area (Å²) in [6, 6.07) is 0. The largest absolute Gasteiger partial charge is 0.379 e. The molecule has 0 saturated carbocycles. The van der Waals surface area contributed by atoms with E-state index in [0.29, 0.717) is 26.3 Å². The lowest BCUT2D eigenvalue weighted by Crippen LogP contribution is -2.62. The van der Waals surface area contributed by atoms with Crippen molar-refractivity contribution in [2.75, 3.05) is 26.3 Å². The fraction of sp³-hybridized carbons (Fsp3) is 0.625. The van der Waals surface area contributed by atoms with Crippen molar-refractivity contribution in [3.63, 3.8) is 0 Å². The van der Waals surface area contributed by atoms with E-state index in [1.807, 2.05) is 0 Å². The number of ether oxygens (including phenoxy) is 1. The van der Waals surface area contributed by atoms with Crippen LogP contribution in [0.15, 0.2) is 5.10 Å². The van der Waals surface area contributed by atoms with Gasteiger partial charge in [0.15, 0.2) is 0 Å². The number of nitrogens with zero attached hydrogens (tertiary/aromatic N) is 3. The molecule has 10 nitrogen and oxygen atoms in total. The van der Waals surface area contributed by atoms with E-state index >= 15 is 0 Å². The van der Waals surface area contributed by atoms with E-state index in [1.54, 1.807) is 5.01 Å². The third kappa shape index (κ3) is 4.43. The normalized spacial score (nSPS) is 17.1. The van der Waals surface area contributed by atoms with Crippen LogP contribution in [-0.2, 0) is 9.53 Å². The highest BCUT2D eigenvalue weighted by atomic mass is 16.5. The molecule has 1 rings (SSSR count). The molecule has 1 heterocycles. The highest BCUT2D eigenvalue weighted by Gasteiger charge is 2.20. The molecule has 1 aliphatic heterocycles. The molecule has 0 aromatic rings. The van der Waals surface area contributed by atoms with E-state index in [0.717, 1.165) is 0 Å².